The number of nitrogens with zero attached hydrogens (tertiary/aromatic N) is 1. The third-order valence-corrected chi connectivity index (χ3v) is 1.67. The highest BCUT2D eigenvalue weighted by molar-refractivity contribution is 7.80. The molecule has 0 aliphatic rings. The summed E-state index contributed by atoms with van der Waals surface area (Å²) >= 11 is 4.52. The maximum absolute atomic E-state index is 12.2. The summed E-state index contributed by atoms with van der Waals surface area (Å²) in [4.78, 5) is 0. The quantitative estimate of drug-likeness (QED) is 0.472. The number of hydrogen-bond acceptors (Lipinski definition) is 2. The molecule has 80 valence electrons. The maximum Gasteiger partial charge on any atom is 0.263 e. The zero-order valence-electron chi connectivity index (χ0n) is 7.65. The molecule has 0 heterocycles. The molecule has 0 unspecified atom stereocenters. The highest BCUT2D eigenvalue weighted by Gasteiger charge is 2.04. The first-order chi connectivity index (χ1) is 7.09. The summed E-state index contributed by atoms with van der Waals surface area (Å²) in [6.45, 7) is 0. The van der Waals surface area contributed by atoms with E-state index in [0.717, 1.165) is 0 Å². The van der Waals surface area contributed by atoms with Gasteiger partial charge in [0.25, 0.3) is 6.43 Å². The molecular weight excluding hydrogens is 220 g/mol. The van der Waals surface area contributed by atoms with E-state index >= 15 is 0 Å². The van der Waals surface area contributed by atoms with Crippen LogP contribution in [0.3, 0.4) is 0 Å². The molecule has 0 spiro atoms. The number of benzene rings is 1. The molecule has 0 amide bonds. The van der Waals surface area contributed by atoms with Crippen LogP contribution in [-0.2, 0) is 0 Å². The number of rotatable bonds is 3. The number of halogens is 2. The van der Waals surface area contributed by atoms with Crippen molar-refractivity contribution in [3.8, 4) is 0 Å². The van der Waals surface area contributed by atoms with Crippen molar-refractivity contribution in [3.05, 3.63) is 35.4 Å². The first-order valence-electron chi connectivity index (χ1n) is 4.06. The Morgan fingerprint density at radius 3 is 2.47 bits per heavy atom. The van der Waals surface area contributed by atoms with Crippen molar-refractivity contribution in [2.45, 2.75) is 6.43 Å². The van der Waals surface area contributed by atoms with Gasteiger partial charge in [-0.1, -0.05) is 24.3 Å². The third kappa shape index (κ3) is 3.99. The molecular formula is C9H9F2N3S. The van der Waals surface area contributed by atoms with Gasteiger partial charge in [-0.25, -0.2) is 8.78 Å². The van der Waals surface area contributed by atoms with Crippen molar-refractivity contribution in [2.75, 3.05) is 0 Å². The molecule has 1 aromatic carbocycles. The van der Waals surface area contributed by atoms with Crippen molar-refractivity contribution in [1.29, 1.82) is 0 Å². The average Bonchev–Trinajstić information content (AvgIpc) is 2.18. The lowest BCUT2D eigenvalue weighted by Crippen LogP contribution is -2.23. The van der Waals surface area contributed by atoms with E-state index in [1.807, 2.05) is 0 Å². The summed E-state index contributed by atoms with van der Waals surface area (Å²) in [7, 11) is 0. The molecule has 0 saturated carbocycles. The van der Waals surface area contributed by atoms with Crippen LogP contribution in [0.2, 0.25) is 0 Å². The van der Waals surface area contributed by atoms with E-state index in [1.165, 1.54) is 30.5 Å². The van der Waals surface area contributed by atoms with Crippen LogP contribution in [0, 0.1) is 0 Å². The Bertz CT molecular complexity index is 362. The predicted molar refractivity (Wildman–Crippen MR) is 58.9 cm³/mol. The number of nitrogens with one attached hydrogen (secondary N) is 1. The van der Waals surface area contributed by atoms with E-state index in [1.54, 1.807) is 0 Å². The smallest absolute Gasteiger partial charge is 0.263 e. The van der Waals surface area contributed by atoms with Crippen LogP contribution in [0.15, 0.2) is 29.4 Å². The van der Waals surface area contributed by atoms with Gasteiger partial charge in [0.15, 0.2) is 5.11 Å². The topological polar surface area (TPSA) is 50.4 Å². The van der Waals surface area contributed by atoms with Crippen LogP contribution in [0.5, 0.6) is 0 Å². The Balaban J connectivity index is 2.64. The summed E-state index contributed by atoms with van der Waals surface area (Å²) in [6.07, 6.45) is -1.01. The largest absolute Gasteiger partial charge is 0.375 e. The van der Waals surface area contributed by atoms with Crippen molar-refractivity contribution in [1.82, 2.24) is 5.43 Å². The second-order valence-corrected chi connectivity index (χ2v) is 3.14. The second kappa shape index (κ2) is 5.35. The van der Waals surface area contributed by atoms with Gasteiger partial charge in [-0.15, -0.1) is 0 Å². The fourth-order valence-electron chi connectivity index (χ4n) is 0.898. The van der Waals surface area contributed by atoms with Crippen molar-refractivity contribution in [3.63, 3.8) is 0 Å². The zero-order chi connectivity index (χ0) is 11.3. The molecule has 3 nitrogen and oxygen atoms in total. The minimum Gasteiger partial charge on any atom is -0.375 e. The fourth-order valence-corrected chi connectivity index (χ4v) is 0.951. The molecule has 0 aliphatic heterocycles. The Kier molecular flexibility index (Phi) is 4.11. The molecule has 0 saturated heterocycles. The highest BCUT2D eigenvalue weighted by Crippen LogP contribution is 2.17. The Hall–Kier alpha value is -1.56. The van der Waals surface area contributed by atoms with Crippen LogP contribution in [0.1, 0.15) is 17.6 Å². The number of nitrogens with two attached hydrogens (primary N) is 1. The van der Waals surface area contributed by atoms with E-state index < -0.39 is 6.43 Å². The molecule has 0 atom stereocenters. The van der Waals surface area contributed by atoms with E-state index in [2.05, 4.69) is 22.7 Å². The van der Waals surface area contributed by atoms with Crippen LogP contribution < -0.4 is 11.2 Å². The van der Waals surface area contributed by atoms with Gasteiger partial charge in [0.05, 0.1) is 6.21 Å². The van der Waals surface area contributed by atoms with Gasteiger partial charge in [0.1, 0.15) is 0 Å². The van der Waals surface area contributed by atoms with E-state index in [9.17, 15) is 8.78 Å². The number of hydrogen-bond donors (Lipinski definition) is 2. The zero-order valence-corrected chi connectivity index (χ0v) is 8.47. The third-order valence-electron chi connectivity index (χ3n) is 1.58. The highest BCUT2D eigenvalue weighted by atomic mass is 32.1. The van der Waals surface area contributed by atoms with Crippen molar-refractivity contribution < 1.29 is 8.78 Å². The summed E-state index contributed by atoms with van der Waals surface area (Å²) in [5.41, 5.74) is 8.15. The number of thiocarbonyl (C=S) groups is 1. The first kappa shape index (κ1) is 11.5. The Morgan fingerprint density at radius 1 is 1.40 bits per heavy atom. The molecule has 6 heteroatoms. The normalized spacial score (nSPS) is 10.9. The van der Waals surface area contributed by atoms with Crippen LogP contribution in [0.25, 0.3) is 0 Å². The van der Waals surface area contributed by atoms with Crippen LogP contribution in [0.4, 0.5) is 8.78 Å². The van der Waals surface area contributed by atoms with Crippen LogP contribution in [-0.4, -0.2) is 11.3 Å². The second-order valence-electron chi connectivity index (χ2n) is 2.70. The number of alkyl halides is 2. The molecule has 1 rings (SSSR count). The number of hydrazone groups is 1. The van der Waals surface area contributed by atoms with Gasteiger partial charge < -0.3 is 5.73 Å². The van der Waals surface area contributed by atoms with E-state index in [-0.39, 0.29) is 10.7 Å². The van der Waals surface area contributed by atoms with E-state index in [0.29, 0.717) is 5.56 Å². The summed E-state index contributed by atoms with van der Waals surface area (Å²) < 4.78 is 24.4. The maximum atomic E-state index is 12.2. The molecule has 0 bridgehead atoms. The predicted octanol–water partition coefficient (Wildman–Crippen LogP) is 1.79. The lowest BCUT2D eigenvalue weighted by atomic mass is 10.1. The molecule has 1 aromatic rings. The molecule has 0 aromatic heterocycles. The van der Waals surface area contributed by atoms with Gasteiger partial charge >= 0.3 is 0 Å². The summed E-state index contributed by atoms with van der Waals surface area (Å²) in [5.74, 6) is 0. The van der Waals surface area contributed by atoms with Gasteiger partial charge in [0.2, 0.25) is 0 Å². The van der Waals surface area contributed by atoms with Gasteiger partial charge in [0, 0.05) is 5.56 Å². The summed E-state index contributed by atoms with van der Waals surface area (Å²) in [6, 6.07) is 5.75. The Labute approximate surface area is 91.0 Å². The minimum absolute atomic E-state index is 0.0190. The monoisotopic (exact) mass is 229 g/mol. The van der Waals surface area contributed by atoms with E-state index in [4.69, 9.17) is 5.73 Å². The SMILES string of the molecule is NC(=S)NN=Cc1ccc(C(F)F)cc1. The molecule has 0 fully saturated rings. The lowest BCUT2D eigenvalue weighted by molar-refractivity contribution is 0.151. The molecule has 0 aliphatic carbocycles. The van der Waals surface area contributed by atoms with Crippen molar-refractivity contribution in [2.24, 2.45) is 10.8 Å². The molecule has 15 heavy (non-hydrogen) atoms. The first-order valence-corrected chi connectivity index (χ1v) is 4.47. The molecule has 0 radical (unpaired) electrons. The van der Waals surface area contributed by atoms with Crippen LogP contribution >= 0.6 is 12.2 Å². The molecule has 3 N–H and O–H groups in total. The minimum atomic E-state index is -2.45. The van der Waals surface area contributed by atoms with Gasteiger partial charge in [-0.3, -0.25) is 5.43 Å². The lowest BCUT2D eigenvalue weighted by Gasteiger charge is -1.99. The Morgan fingerprint density at radius 2 is 2.00 bits per heavy atom. The summed E-state index contributed by atoms with van der Waals surface area (Å²) in [5, 5.41) is 3.74. The standard InChI is InChI=1S/C9H9F2N3S/c10-8(11)7-3-1-6(2-4-7)5-13-14-9(12)15/h1-5,8H,(H3,12,14,15). The van der Waals surface area contributed by atoms with Gasteiger partial charge in [-0.05, 0) is 17.8 Å². The fraction of sp³-hybridized carbons (Fsp3) is 0.111. The van der Waals surface area contributed by atoms with Crippen molar-refractivity contribution >= 4 is 23.5 Å². The van der Waals surface area contributed by atoms with Gasteiger partial charge in [-0.2, -0.15) is 5.10 Å². The average molecular weight is 229 g/mol.